The normalized spacial score (nSPS) is 22.1. The van der Waals surface area contributed by atoms with Crippen LogP contribution in [0.3, 0.4) is 0 Å². The molecule has 20 heavy (non-hydrogen) atoms. The number of carbonyl (C=O) groups is 1. The molecule has 1 amide bonds. The van der Waals surface area contributed by atoms with Crippen molar-refractivity contribution >= 4 is 5.91 Å². The van der Waals surface area contributed by atoms with Gasteiger partial charge in [-0.2, -0.15) is 5.10 Å². The van der Waals surface area contributed by atoms with E-state index in [4.69, 9.17) is 0 Å². The number of rotatable bonds is 3. The molecule has 3 heterocycles. The lowest BCUT2D eigenvalue weighted by Crippen LogP contribution is -2.29. The van der Waals surface area contributed by atoms with Gasteiger partial charge in [-0.3, -0.25) is 14.9 Å². The van der Waals surface area contributed by atoms with Gasteiger partial charge in [-0.15, -0.1) is 0 Å². The number of amides is 1. The minimum absolute atomic E-state index is 0.0632. The number of H-pyrrole nitrogens is 1. The van der Waals surface area contributed by atoms with E-state index in [-0.39, 0.29) is 11.8 Å². The number of aromatic nitrogens is 3. The van der Waals surface area contributed by atoms with E-state index >= 15 is 0 Å². The van der Waals surface area contributed by atoms with Gasteiger partial charge in [0, 0.05) is 37.6 Å². The number of hydrogen-bond donors (Lipinski definition) is 2. The van der Waals surface area contributed by atoms with Crippen molar-refractivity contribution in [2.75, 3.05) is 13.1 Å². The fourth-order valence-corrected chi connectivity index (χ4v) is 2.59. The molecule has 6 heteroatoms. The van der Waals surface area contributed by atoms with Gasteiger partial charge in [0.25, 0.3) is 5.91 Å². The first kappa shape index (κ1) is 12.8. The van der Waals surface area contributed by atoms with Crippen LogP contribution in [0.5, 0.6) is 0 Å². The minimum atomic E-state index is -0.487. The molecule has 0 spiro atoms. The summed E-state index contributed by atoms with van der Waals surface area (Å²) >= 11 is 0. The summed E-state index contributed by atoms with van der Waals surface area (Å²) in [4.78, 5) is 17.9. The van der Waals surface area contributed by atoms with Crippen molar-refractivity contribution in [3.8, 4) is 0 Å². The van der Waals surface area contributed by atoms with E-state index in [9.17, 15) is 9.90 Å². The first-order valence-electron chi connectivity index (χ1n) is 6.59. The Morgan fingerprint density at radius 3 is 2.90 bits per heavy atom. The van der Waals surface area contributed by atoms with E-state index in [0.29, 0.717) is 18.7 Å². The Kier molecular flexibility index (Phi) is 3.47. The second kappa shape index (κ2) is 5.42. The number of aliphatic hydroxyl groups is 1. The Morgan fingerprint density at radius 1 is 1.40 bits per heavy atom. The summed E-state index contributed by atoms with van der Waals surface area (Å²) in [5.41, 5.74) is 1.66. The Bertz CT molecular complexity index is 570. The Labute approximate surface area is 116 Å². The van der Waals surface area contributed by atoms with E-state index in [0.717, 1.165) is 12.0 Å². The summed E-state index contributed by atoms with van der Waals surface area (Å²) in [5, 5.41) is 16.5. The van der Waals surface area contributed by atoms with Crippen LogP contribution < -0.4 is 0 Å². The number of aromatic amines is 1. The van der Waals surface area contributed by atoms with Gasteiger partial charge in [-0.25, -0.2) is 0 Å². The van der Waals surface area contributed by atoms with Gasteiger partial charge in [-0.05, 0) is 24.1 Å². The third kappa shape index (κ3) is 2.55. The summed E-state index contributed by atoms with van der Waals surface area (Å²) in [7, 11) is 0. The van der Waals surface area contributed by atoms with Crippen molar-refractivity contribution in [2.45, 2.75) is 12.5 Å². The minimum Gasteiger partial charge on any atom is -0.391 e. The monoisotopic (exact) mass is 272 g/mol. The summed E-state index contributed by atoms with van der Waals surface area (Å²) in [6.07, 6.45) is 6.82. The van der Waals surface area contributed by atoms with E-state index < -0.39 is 6.10 Å². The fraction of sp³-hybridized carbons (Fsp3) is 0.357. The molecule has 1 saturated heterocycles. The van der Waals surface area contributed by atoms with Gasteiger partial charge in [0.15, 0.2) is 0 Å². The fourth-order valence-electron chi connectivity index (χ4n) is 2.59. The highest BCUT2D eigenvalue weighted by Crippen LogP contribution is 2.22. The zero-order valence-corrected chi connectivity index (χ0v) is 10.9. The Balaban J connectivity index is 1.66. The van der Waals surface area contributed by atoms with E-state index in [2.05, 4.69) is 15.2 Å². The molecule has 1 fully saturated rings. The lowest BCUT2D eigenvalue weighted by Gasteiger charge is -2.15. The molecule has 0 bridgehead atoms. The van der Waals surface area contributed by atoms with Crippen molar-refractivity contribution in [1.82, 2.24) is 20.1 Å². The lowest BCUT2D eigenvalue weighted by atomic mass is 9.97. The zero-order valence-electron chi connectivity index (χ0n) is 10.9. The molecule has 2 N–H and O–H groups in total. The topological polar surface area (TPSA) is 82.1 Å². The van der Waals surface area contributed by atoms with Crippen LogP contribution in [0.2, 0.25) is 0 Å². The third-order valence-electron chi connectivity index (χ3n) is 3.69. The summed E-state index contributed by atoms with van der Waals surface area (Å²) in [5.74, 6) is -0.0247. The average molecular weight is 272 g/mol. The highest BCUT2D eigenvalue weighted by atomic mass is 16.3. The van der Waals surface area contributed by atoms with Crippen LogP contribution >= 0.6 is 0 Å². The van der Waals surface area contributed by atoms with Gasteiger partial charge in [0.2, 0.25) is 0 Å². The molecule has 0 saturated carbocycles. The standard InChI is InChI=1S/C14H16N4O2/c19-13-9-18(14(20)12-6-16-17-7-12)8-11(13)5-10-1-3-15-4-2-10/h1-4,6-7,11,13,19H,5,8-9H2,(H,16,17)/t11-,13-/m1/s1. The summed E-state index contributed by atoms with van der Waals surface area (Å²) in [6.45, 7) is 0.938. The summed E-state index contributed by atoms with van der Waals surface area (Å²) < 4.78 is 0. The van der Waals surface area contributed by atoms with E-state index in [1.165, 1.54) is 6.20 Å². The van der Waals surface area contributed by atoms with Crippen molar-refractivity contribution in [3.05, 3.63) is 48.0 Å². The van der Waals surface area contributed by atoms with Crippen molar-refractivity contribution in [3.63, 3.8) is 0 Å². The van der Waals surface area contributed by atoms with Crippen LogP contribution in [-0.2, 0) is 6.42 Å². The van der Waals surface area contributed by atoms with Gasteiger partial charge in [-0.1, -0.05) is 0 Å². The molecule has 2 atom stereocenters. The molecule has 1 aliphatic rings. The molecule has 0 radical (unpaired) electrons. The molecule has 104 valence electrons. The first-order valence-corrected chi connectivity index (χ1v) is 6.59. The Morgan fingerprint density at radius 2 is 2.20 bits per heavy atom. The summed E-state index contributed by atoms with van der Waals surface area (Å²) in [6, 6.07) is 3.88. The van der Waals surface area contributed by atoms with Gasteiger partial charge in [0.1, 0.15) is 0 Å². The van der Waals surface area contributed by atoms with Crippen LogP contribution in [0, 0.1) is 5.92 Å². The largest absolute Gasteiger partial charge is 0.391 e. The van der Waals surface area contributed by atoms with Gasteiger partial charge >= 0.3 is 0 Å². The lowest BCUT2D eigenvalue weighted by molar-refractivity contribution is 0.0764. The molecular formula is C14H16N4O2. The predicted octanol–water partition coefficient (Wildman–Crippen LogP) is 0.480. The van der Waals surface area contributed by atoms with Crippen LogP contribution in [0.4, 0.5) is 0 Å². The van der Waals surface area contributed by atoms with Gasteiger partial charge < -0.3 is 10.0 Å². The van der Waals surface area contributed by atoms with Crippen LogP contribution in [0.25, 0.3) is 0 Å². The van der Waals surface area contributed by atoms with Crippen LogP contribution in [0.1, 0.15) is 15.9 Å². The van der Waals surface area contributed by atoms with Crippen LogP contribution in [-0.4, -0.2) is 50.3 Å². The molecule has 0 aliphatic carbocycles. The highest BCUT2D eigenvalue weighted by Gasteiger charge is 2.34. The number of aliphatic hydroxyl groups excluding tert-OH is 1. The maximum Gasteiger partial charge on any atom is 0.257 e. The van der Waals surface area contributed by atoms with Crippen LogP contribution in [0.15, 0.2) is 36.9 Å². The quantitative estimate of drug-likeness (QED) is 0.851. The molecule has 1 aliphatic heterocycles. The molecule has 2 aromatic rings. The second-order valence-corrected chi connectivity index (χ2v) is 5.08. The van der Waals surface area contributed by atoms with Crippen molar-refractivity contribution < 1.29 is 9.90 Å². The van der Waals surface area contributed by atoms with E-state index in [1.54, 1.807) is 23.5 Å². The number of nitrogens with zero attached hydrogens (tertiary/aromatic N) is 3. The molecule has 2 aromatic heterocycles. The molecular weight excluding hydrogens is 256 g/mol. The molecule has 6 nitrogen and oxygen atoms in total. The number of likely N-dealkylation sites (tertiary alicyclic amines) is 1. The zero-order chi connectivity index (χ0) is 13.9. The van der Waals surface area contributed by atoms with Gasteiger partial charge in [0.05, 0.1) is 17.9 Å². The highest BCUT2D eigenvalue weighted by molar-refractivity contribution is 5.93. The molecule has 3 rings (SSSR count). The first-order chi connectivity index (χ1) is 9.74. The smallest absolute Gasteiger partial charge is 0.257 e. The van der Waals surface area contributed by atoms with Crippen molar-refractivity contribution in [2.24, 2.45) is 5.92 Å². The number of β-amino-alcohol motifs (C(OH)–C–C–N with tert-alkyl or cyclic N) is 1. The predicted molar refractivity (Wildman–Crippen MR) is 71.9 cm³/mol. The maximum absolute atomic E-state index is 12.2. The number of pyridine rings is 1. The number of carbonyl (C=O) groups excluding carboxylic acids is 1. The average Bonchev–Trinajstić information content (AvgIpc) is 3.10. The number of nitrogens with one attached hydrogen (secondary N) is 1. The van der Waals surface area contributed by atoms with E-state index in [1.807, 2.05) is 12.1 Å². The molecule has 0 unspecified atom stereocenters. The third-order valence-corrected chi connectivity index (χ3v) is 3.69. The maximum atomic E-state index is 12.2. The second-order valence-electron chi connectivity index (χ2n) is 5.08. The number of hydrogen-bond acceptors (Lipinski definition) is 4. The van der Waals surface area contributed by atoms with Crippen molar-refractivity contribution in [1.29, 1.82) is 0 Å². The Hall–Kier alpha value is -2.21. The SMILES string of the molecule is O=C(c1cn[nH]c1)N1C[C@@H](Cc2ccncc2)[C@H](O)C1. The molecule has 0 aromatic carbocycles.